The standard InChI is InChI=1S/C18H21ClN4O2/c1-11-8-14(16(25-3)10-13(11)19)21-17(24)15-9-12(2)20-18(22-15)23-6-4-5-7-23/h8-10H,4-7H2,1-3H3,(H,21,24). The third-order valence-corrected chi connectivity index (χ3v) is 4.60. The van der Waals surface area contributed by atoms with Crippen LogP contribution in [0, 0.1) is 13.8 Å². The molecule has 25 heavy (non-hydrogen) atoms. The number of aromatic nitrogens is 2. The second-order valence-electron chi connectivity index (χ2n) is 6.14. The number of aryl methyl sites for hydroxylation is 2. The van der Waals surface area contributed by atoms with Gasteiger partial charge in [-0.15, -0.1) is 0 Å². The molecule has 0 saturated carbocycles. The number of carbonyl (C=O) groups excluding carboxylic acids is 1. The van der Waals surface area contributed by atoms with Gasteiger partial charge in [-0.05, 0) is 44.4 Å². The number of hydrogen-bond donors (Lipinski definition) is 1. The Morgan fingerprint density at radius 1 is 1.20 bits per heavy atom. The Morgan fingerprint density at radius 2 is 1.92 bits per heavy atom. The molecule has 1 aliphatic rings. The minimum absolute atomic E-state index is 0.300. The van der Waals surface area contributed by atoms with Crippen LogP contribution in [0.25, 0.3) is 0 Å². The SMILES string of the molecule is COc1cc(Cl)c(C)cc1NC(=O)c1cc(C)nc(N2CCCC2)n1. The first-order valence-electron chi connectivity index (χ1n) is 8.24. The van der Waals surface area contributed by atoms with Crippen molar-refractivity contribution < 1.29 is 9.53 Å². The lowest BCUT2D eigenvalue weighted by Gasteiger charge is -2.17. The fraction of sp³-hybridized carbons (Fsp3) is 0.389. The van der Waals surface area contributed by atoms with E-state index in [0.29, 0.717) is 28.1 Å². The van der Waals surface area contributed by atoms with Crippen LogP contribution < -0.4 is 15.0 Å². The molecule has 3 rings (SSSR count). The average Bonchev–Trinajstić information content (AvgIpc) is 3.12. The molecule has 132 valence electrons. The normalized spacial score (nSPS) is 13.8. The summed E-state index contributed by atoms with van der Waals surface area (Å²) < 4.78 is 5.31. The lowest BCUT2D eigenvalue weighted by Crippen LogP contribution is -2.23. The molecule has 0 atom stereocenters. The Kier molecular flexibility index (Phi) is 5.08. The molecule has 1 N–H and O–H groups in total. The maximum Gasteiger partial charge on any atom is 0.274 e. The molecule has 1 aromatic carbocycles. The van der Waals surface area contributed by atoms with Crippen LogP contribution in [0.3, 0.4) is 0 Å². The Morgan fingerprint density at radius 3 is 2.60 bits per heavy atom. The molecule has 6 nitrogen and oxygen atoms in total. The van der Waals surface area contributed by atoms with Crippen molar-refractivity contribution in [3.05, 3.63) is 40.2 Å². The number of methoxy groups -OCH3 is 1. The highest BCUT2D eigenvalue weighted by atomic mass is 35.5. The van der Waals surface area contributed by atoms with Crippen LogP contribution in [0.2, 0.25) is 5.02 Å². The minimum Gasteiger partial charge on any atom is -0.495 e. The molecule has 2 aromatic rings. The second-order valence-corrected chi connectivity index (χ2v) is 6.55. The lowest BCUT2D eigenvalue weighted by molar-refractivity contribution is 0.102. The summed E-state index contributed by atoms with van der Waals surface area (Å²) in [5.74, 6) is 0.822. The number of halogens is 1. The molecule has 0 unspecified atom stereocenters. The lowest BCUT2D eigenvalue weighted by atomic mass is 10.2. The third kappa shape index (κ3) is 3.85. The Balaban J connectivity index is 1.87. The van der Waals surface area contributed by atoms with Crippen LogP contribution in [0.5, 0.6) is 5.75 Å². The van der Waals surface area contributed by atoms with E-state index in [1.807, 2.05) is 13.8 Å². The van der Waals surface area contributed by atoms with Crippen molar-refractivity contribution in [2.24, 2.45) is 0 Å². The zero-order valence-electron chi connectivity index (χ0n) is 14.6. The zero-order chi connectivity index (χ0) is 18.0. The smallest absolute Gasteiger partial charge is 0.274 e. The van der Waals surface area contributed by atoms with E-state index in [4.69, 9.17) is 16.3 Å². The second kappa shape index (κ2) is 7.27. The maximum atomic E-state index is 12.7. The number of benzene rings is 1. The third-order valence-electron chi connectivity index (χ3n) is 4.19. The molecular formula is C18H21ClN4O2. The van der Waals surface area contributed by atoms with E-state index in [-0.39, 0.29) is 5.91 Å². The number of rotatable bonds is 4. The summed E-state index contributed by atoms with van der Waals surface area (Å²) in [7, 11) is 1.54. The molecule has 1 amide bonds. The summed E-state index contributed by atoms with van der Waals surface area (Å²) in [5.41, 5.74) is 2.52. The van der Waals surface area contributed by atoms with Gasteiger partial charge in [-0.2, -0.15) is 0 Å². The van der Waals surface area contributed by atoms with E-state index < -0.39 is 0 Å². The van der Waals surface area contributed by atoms with Gasteiger partial charge in [0.15, 0.2) is 0 Å². The maximum absolute atomic E-state index is 12.7. The summed E-state index contributed by atoms with van der Waals surface area (Å²) in [4.78, 5) is 23.7. The number of hydrogen-bond acceptors (Lipinski definition) is 5. The molecule has 1 saturated heterocycles. The zero-order valence-corrected chi connectivity index (χ0v) is 15.4. The number of anilines is 2. The van der Waals surface area contributed by atoms with Crippen molar-refractivity contribution in [1.29, 1.82) is 0 Å². The van der Waals surface area contributed by atoms with E-state index in [2.05, 4.69) is 20.2 Å². The molecule has 2 heterocycles. The molecule has 1 aliphatic heterocycles. The highest BCUT2D eigenvalue weighted by Gasteiger charge is 2.19. The van der Waals surface area contributed by atoms with Gasteiger partial charge in [0, 0.05) is 29.9 Å². The van der Waals surface area contributed by atoms with Gasteiger partial charge < -0.3 is 15.0 Å². The summed E-state index contributed by atoms with van der Waals surface area (Å²) in [6.45, 7) is 5.59. The van der Waals surface area contributed by atoms with Crippen LogP contribution in [-0.2, 0) is 0 Å². The van der Waals surface area contributed by atoms with Crippen molar-refractivity contribution >= 4 is 29.1 Å². The van der Waals surface area contributed by atoms with E-state index >= 15 is 0 Å². The van der Waals surface area contributed by atoms with Gasteiger partial charge in [0.25, 0.3) is 5.91 Å². The monoisotopic (exact) mass is 360 g/mol. The molecule has 0 spiro atoms. The molecule has 7 heteroatoms. The van der Waals surface area contributed by atoms with Gasteiger partial charge in [-0.1, -0.05) is 11.6 Å². The fourth-order valence-corrected chi connectivity index (χ4v) is 3.00. The van der Waals surface area contributed by atoms with E-state index in [0.717, 1.165) is 37.2 Å². The fourth-order valence-electron chi connectivity index (χ4n) is 2.84. The molecule has 0 bridgehead atoms. The Labute approximate surface area is 152 Å². The quantitative estimate of drug-likeness (QED) is 0.902. The molecular weight excluding hydrogens is 340 g/mol. The minimum atomic E-state index is -0.300. The predicted octanol–water partition coefficient (Wildman–Crippen LogP) is 3.61. The average molecular weight is 361 g/mol. The topological polar surface area (TPSA) is 67.3 Å². The van der Waals surface area contributed by atoms with E-state index in [9.17, 15) is 4.79 Å². The van der Waals surface area contributed by atoms with Crippen LogP contribution in [0.4, 0.5) is 11.6 Å². The summed E-state index contributed by atoms with van der Waals surface area (Å²) >= 11 is 6.11. The van der Waals surface area contributed by atoms with Gasteiger partial charge >= 0.3 is 0 Å². The summed E-state index contributed by atoms with van der Waals surface area (Å²) in [6, 6.07) is 5.16. The van der Waals surface area contributed by atoms with Gasteiger partial charge in [-0.3, -0.25) is 4.79 Å². The summed E-state index contributed by atoms with van der Waals surface area (Å²) in [6.07, 6.45) is 2.25. The first-order valence-corrected chi connectivity index (χ1v) is 8.62. The van der Waals surface area contributed by atoms with Crippen LogP contribution >= 0.6 is 11.6 Å². The van der Waals surface area contributed by atoms with E-state index in [1.54, 1.807) is 18.2 Å². The Bertz CT molecular complexity index is 804. The van der Waals surface area contributed by atoms with Gasteiger partial charge in [0.05, 0.1) is 12.8 Å². The molecule has 1 aromatic heterocycles. The van der Waals surface area contributed by atoms with Crippen molar-refractivity contribution in [1.82, 2.24) is 9.97 Å². The number of nitrogens with one attached hydrogen (secondary N) is 1. The van der Waals surface area contributed by atoms with E-state index in [1.165, 1.54) is 7.11 Å². The number of amides is 1. The van der Waals surface area contributed by atoms with Crippen molar-refractivity contribution in [2.45, 2.75) is 26.7 Å². The highest BCUT2D eigenvalue weighted by Crippen LogP contribution is 2.31. The highest BCUT2D eigenvalue weighted by molar-refractivity contribution is 6.31. The predicted molar refractivity (Wildman–Crippen MR) is 98.9 cm³/mol. The number of carbonyl (C=O) groups is 1. The van der Waals surface area contributed by atoms with Crippen LogP contribution in [0.1, 0.15) is 34.6 Å². The van der Waals surface area contributed by atoms with Crippen molar-refractivity contribution in [2.75, 3.05) is 30.4 Å². The van der Waals surface area contributed by atoms with Gasteiger partial charge in [0.1, 0.15) is 11.4 Å². The Hall–Kier alpha value is -2.34. The number of ether oxygens (including phenoxy) is 1. The largest absolute Gasteiger partial charge is 0.495 e. The van der Waals surface area contributed by atoms with Gasteiger partial charge in [0.2, 0.25) is 5.95 Å². The first-order chi connectivity index (χ1) is 12.0. The van der Waals surface area contributed by atoms with Crippen LogP contribution in [0.15, 0.2) is 18.2 Å². The molecule has 1 fully saturated rings. The van der Waals surface area contributed by atoms with Gasteiger partial charge in [-0.25, -0.2) is 9.97 Å². The van der Waals surface area contributed by atoms with Crippen LogP contribution in [-0.4, -0.2) is 36.1 Å². The number of nitrogens with zero attached hydrogens (tertiary/aromatic N) is 3. The first kappa shape index (κ1) is 17.5. The van der Waals surface area contributed by atoms with Crippen molar-refractivity contribution in [3.8, 4) is 5.75 Å². The van der Waals surface area contributed by atoms with Crippen molar-refractivity contribution in [3.63, 3.8) is 0 Å². The molecule has 0 radical (unpaired) electrons. The summed E-state index contributed by atoms with van der Waals surface area (Å²) in [5, 5.41) is 3.45. The molecule has 0 aliphatic carbocycles.